The van der Waals surface area contributed by atoms with Crippen LogP contribution in [0.1, 0.15) is 25.0 Å². The highest BCUT2D eigenvalue weighted by Gasteiger charge is 2.18. The predicted octanol–water partition coefficient (Wildman–Crippen LogP) is 2.11. The Kier molecular flexibility index (Phi) is 4.20. The standard InChI is InChI=1S/C12H17ClN2O2/c1-17-6-5-15-12(11(13)8-14-15)9-3-2-4-10(16)7-9/h7-8,10,16H,2-6H2,1H3. The number of halogens is 1. The molecule has 0 aromatic carbocycles. The van der Waals surface area contributed by atoms with Gasteiger partial charge in [-0.3, -0.25) is 4.68 Å². The summed E-state index contributed by atoms with van der Waals surface area (Å²) in [6.07, 6.45) is 5.92. The molecule has 4 nitrogen and oxygen atoms in total. The first-order valence-electron chi connectivity index (χ1n) is 5.81. The number of aliphatic hydroxyl groups excluding tert-OH is 1. The van der Waals surface area contributed by atoms with Crippen LogP contribution < -0.4 is 0 Å². The van der Waals surface area contributed by atoms with Crippen LogP contribution in [-0.2, 0) is 11.3 Å². The maximum Gasteiger partial charge on any atom is 0.0862 e. The van der Waals surface area contributed by atoms with Gasteiger partial charge in [0.15, 0.2) is 0 Å². The van der Waals surface area contributed by atoms with E-state index in [4.69, 9.17) is 16.3 Å². The summed E-state index contributed by atoms with van der Waals surface area (Å²) in [5.74, 6) is 0. The number of ether oxygens (including phenoxy) is 1. The van der Waals surface area contributed by atoms with E-state index in [2.05, 4.69) is 5.10 Å². The second-order valence-corrected chi connectivity index (χ2v) is 4.62. The molecule has 2 rings (SSSR count). The molecule has 0 saturated heterocycles. The van der Waals surface area contributed by atoms with Crippen LogP contribution in [0.5, 0.6) is 0 Å². The summed E-state index contributed by atoms with van der Waals surface area (Å²) in [5, 5.41) is 14.5. The van der Waals surface area contributed by atoms with Crippen molar-refractivity contribution in [1.82, 2.24) is 9.78 Å². The number of aliphatic hydroxyl groups is 1. The quantitative estimate of drug-likeness (QED) is 0.898. The highest BCUT2D eigenvalue weighted by molar-refractivity contribution is 6.32. The van der Waals surface area contributed by atoms with Crippen LogP contribution in [0, 0.1) is 0 Å². The van der Waals surface area contributed by atoms with Gasteiger partial charge in [-0.2, -0.15) is 5.10 Å². The molecule has 0 radical (unpaired) electrons. The topological polar surface area (TPSA) is 47.3 Å². The minimum absolute atomic E-state index is 0.361. The average molecular weight is 257 g/mol. The Hall–Kier alpha value is -0.840. The summed E-state index contributed by atoms with van der Waals surface area (Å²) in [5.41, 5.74) is 2.00. The molecule has 1 N–H and O–H groups in total. The van der Waals surface area contributed by atoms with Crippen molar-refractivity contribution in [3.05, 3.63) is 23.0 Å². The molecule has 1 atom stereocenters. The first-order valence-corrected chi connectivity index (χ1v) is 6.19. The van der Waals surface area contributed by atoms with Crippen molar-refractivity contribution in [3.63, 3.8) is 0 Å². The van der Waals surface area contributed by atoms with Crippen molar-refractivity contribution < 1.29 is 9.84 Å². The minimum Gasteiger partial charge on any atom is -0.389 e. The molecule has 94 valence electrons. The maximum absolute atomic E-state index is 9.66. The van der Waals surface area contributed by atoms with E-state index in [1.165, 1.54) is 0 Å². The fourth-order valence-electron chi connectivity index (χ4n) is 2.13. The van der Waals surface area contributed by atoms with Crippen LogP contribution >= 0.6 is 11.6 Å². The van der Waals surface area contributed by atoms with Crippen LogP contribution in [0.25, 0.3) is 5.57 Å². The van der Waals surface area contributed by atoms with E-state index < -0.39 is 0 Å². The van der Waals surface area contributed by atoms with E-state index in [9.17, 15) is 5.11 Å². The molecule has 1 aliphatic rings. The number of methoxy groups -OCH3 is 1. The smallest absolute Gasteiger partial charge is 0.0862 e. The Morgan fingerprint density at radius 2 is 2.47 bits per heavy atom. The Morgan fingerprint density at radius 1 is 1.65 bits per heavy atom. The van der Waals surface area contributed by atoms with Crippen molar-refractivity contribution >= 4 is 17.2 Å². The Labute approximate surface area is 106 Å². The number of hydrogen-bond acceptors (Lipinski definition) is 3. The zero-order valence-corrected chi connectivity index (χ0v) is 10.7. The fraction of sp³-hybridized carbons (Fsp3) is 0.583. The van der Waals surface area contributed by atoms with Gasteiger partial charge in [0.05, 0.1) is 36.2 Å². The number of nitrogens with zero attached hydrogens (tertiary/aromatic N) is 2. The van der Waals surface area contributed by atoms with Gasteiger partial charge >= 0.3 is 0 Å². The maximum atomic E-state index is 9.66. The molecule has 1 heterocycles. The summed E-state index contributed by atoms with van der Waals surface area (Å²) >= 11 is 6.16. The molecule has 0 bridgehead atoms. The second kappa shape index (κ2) is 5.67. The van der Waals surface area contributed by atoms with E-state index in [-0.39, 0.29) is 6.10 Å². The largest absolute Gasteiger partial charge is 0.389 e. The van der Waals surface area contributed by atoms with Crippen LogP contribution in [0.15, 0.2) is 12.3 Å². The fourth-order valence-corrected chi connectivity index (χ4v) is 2.39. The van der Waals surface area contributed by atoms with Crippen molar-refractivity contribution in [3.8, 4) is 0 Å². The summed E-state index contributed by atoms with van der Waals surface area (Å²) in [7, 11) is 1.66. The first kappa shape index (κ1) is 12.6. The van der Waals surface area contributed by atoms with Crippen LogP contribution in [-0.4, -0.2) is 34.7 Å². The van der Waals surface area contributed by atoms with Crippen molar-refractivity contribution in [2.45, 2.75) is 31.9 Å². The van der Waals surface area contributed by atoms with Gasteiger partial charge in [0.1, 0.15) is 0 Å². The lowest BCUT2D eigenvalue weighted by Crippen LogP contribution is -2.13. The van der Waals surface area contributed by atoms with E-state index in [1.54, 1.807) is 13.3 Å². The van der Waals surface area contributed by atoms with Gasteiger partial charge in [-0.1, -0.05) is 17.7 Å². The molecule has 1 aromatic heterocycles. The SMILES string of the molecule is COCCn1ncc(Cl)c1C1=CC(O)CCC1. The lowest BCUT2D eigenvalue weighted by molar-refractivity contribution is 0.183. The van der Waals surface area contributed by atoms with Gasteiger partial charge in [-0.25, -0.2) is 0 Å². The van der Waals surface area contributed by atoms with E-state index in [0.29, 0.717) is 18.2 Å². The normalized spacial score (nSPS) is 20.4. The third kappa shape index (κ3) is 2.89. The third-order valence-corrected chi connectivity index (χ3v) is 3.22. The highest BCUT2D eigenvalue weighted by atomic mass is 35.5. The number of rotatable bonds is 4. The molecule has 17 heavy (non-hydrogen) atoms. The highest BCUT2D eigenvalue weighted by Crippen LogP contribution is 2.31. The lowest BCUT2D eigenvalue weighted by Gasteiger charge is -2.18. The molecule has 1 unspecified atom stereocenters. The van der Waals surface area contributed by atoms with E-state index in [1.807, 2.05) is 10.8 Å². The Bertz CT molecular complexity index is 415. The Morgan fingerprint density at radius 3 is 3.18 bits per heavy atom. The van der Waals surface area contributed by atoms with Crippen LogP contribution in [0.4, 0.5) is 0 Å². The molecule has 1 aliphatic carbocycles. The third-order valence-electron chi connectivity index (χ3n) is 2.95. The average Bonchev–Trinajstić information content (AvgIpc) is 2.68. The zero-order chi connectivity index (χ0) is 12.3. The number of allylic oxidation sites excluding steroid dienone is 1. The molecular formula is C12H17ClN2O2. The number of hydrogen-bond donors (Lipinski definition) is 1. The van der Waals surface area contributed by atoms with Crippen LogP contribution in [0.3, 0.4) is 0 Å². The summed E-state index contributed by atoms with van der Waals surface area (Å²) in [6, 6.07) is 0. The van der Waals surface area contributed by atoms with Gasteiger partial charge in [-0.05, 0) is 24.8 Å². The van der Waals surface area contributed by atoms with E-state index in [0.717, 1.165) is 30.5 Å². The number of aromatic nitrogens is 2. The van der Waals surface area contributed by atoms with Gasteiger partial charge in [0.25, 0.3) is 0 Å². The molecule has 5 heteroatoms. The molecule has 0 amide bonds. The predicted molar refractivity (Wildman–Crippen MR) is 66.9 cm³/mol. The van der Waals surface area contributed by atoms with E-state index >= 15 is 0 Å². The second-order valence-electron chi connectivity index (χ2n) is 4.21. The summed E-state index contributed by atoms with van der Waals surface area (Å²) < 4.78 is 6.89. The van der Waals surface area contributed by atoms with Crippen molar-refractivity contribution in [2.24, 2.45) is 0 Å². The molecule has 1 aromatic rings. The molecule has 0 aliphatic heterocycles. The van der Waals surface area contributed by atoms with Crippen LogP contribution in [0.2, 0.25) is 5.02 Å². The minimum atomic E-state index is -0.361. The zero-order valence-electron chi connectivity index (χ0n) is 9.90. The van der Waals surface area contributed by atoms with Gasteiger partial charge in [-0.15, -0.1) is 0 Å². The van der Waals surface area contributed by atoms with Crippen molar-refractivity contribution in [2.75, 3.05) is 13.7 Å². The van der Waals surface area contributed by atoms with Gasteiger partial charge < -0.3 is 9.84 Å². The summed E-state index contributed by atoms with van der Waals surface area (Å²) in [4.78, 5) is 0. The molecular weight excluding hydrogens is 240 g/mol. The lowest BCUT2D eigenvalue weighted by atomic mass is 9.95. The Balaban J connectivity index is 2.26. The molecule has 0 fully saturated rings. The molecule has 0 spiro atoms. The monoisotopic (exact) mass is 256 g/mol. The molecule has 0 saturated carbocycles. The first-order chi connectivity index (χ1) is 8.22. The van der Waals surface area contributed by atoms with Crippen molar-refractivity contribution in [1.29, 1.82) is 0 Å². The van der Waals surface area contributed by atoms with Gasteiger partial charge in [0.2, 0.25) is 0 Å². The van der Waals surface area contributed by atoms with Gasteiger partial charge in [0, 0.05) is 7.11 Å². The summed E-state index contributed by atoms with van der Waals surface area (Å²) in [6.45, 7) is 1.27.